The third-order valence-corrected chi connectivity index (χ3v) is 10.5. The first-order valence-corrected chi connectivity index (χ1v) is 17.5. The number of para-hydroxylation sites is 3. The van der Waals surface area contributed by atoms with Crippen molar-refractivity contribution in [1.29, 1.82) is 0 Å². The van der Waals surface area contributed by atoms with E-state index in [9.17, 15) is 0 Å². The molecule has 10 rings (SSSR count). The molecule has 0 spiro atoms. The number of nitrogens with zero attached hydrogens (tertiary/aromatic N) is 1. The van der Waals surface area contributed by atoms with Gasteiger partial charge in [-0.3, -0.25) is 0 Å². The summed E-state index contributed by atoms with van der Waals surface area (Å²) in [6.07, 6.45) is 0. The molecule has 1 aliphatic rings. The second-order valence-corrected chi connectivity index (χ2v) is 13.2. The van der Waals surface area contributed by atoms with E-state index in [1.54, 1.807) is 0 Å². The number of rotatable bonds is 6. The number of benzene rings is 8. The average molecular weight is 652 g/mol. The number of hydrogen-bond acceptors (Lipinski definition) is 2. The summed E-state index contributed by atoms with van der Waals surface area (Å²) in [5, 5.41) is 2.28. The van der Waals surface area contributed by atoms with Gasteiger partial charge in [0.1, 0.15) is 11.2 Å². The minimum atomic E-state index is -0.626. The molecule has 2 heteroatoms. The van der Waals surface area contributed by atoms with Crippen molar-refractivity contribution in [2.24, 2.45) is 0 Å². The summed E-state index contributed by atoms with van der Waals surface area (Å²) in [6.45, 7) is 0. The molecule has 0 N–H and O–H groups in total. The van der Waals surface area contributed by atoms with Gasteiger partial charge >= 0.3 is 0 Å². The van der Waals surface area contributed by atoms with E-state index in [2.05, 4.69) is 205 Å². The highest BCUT2D eigenvalue weighted by molar-refractivity contribution is 6.18. The standard InChI is InChI=1S/C49H33NO/c1-6-18-34(19-7-1)46-47-40-31-30-39(50(37-24-12-4-13-25-37)38-26-14-5-15-27-38)32-42(40)49(35-20-8-2-9-21-35,36-22-10-3-11-23-36)43(47)33-45-48(46)41-28-16-17-29-44(41)51-45/h1-33H. The van der Waals surface area contributed by atoms with Crippen molar-refractivity contribution in [2.45, 2.75) is 5.41 Å². The Hall–Kier alpha value is -6.64. The summed E-state index contributed by atoms with van der Waals surface area (Å²) in [7, 11) is 0. The molecular weight excluding hydrogens is 619 g/mol. The molecule has 0 amide bonds. The van der Waals surface area contributed by atoms with Gasteiger partial charge in [0.05, 0.1) is 5.41 Å². The van der Waals surface area contributed by atoms with Gasteiger partial charge in [-0.1, -0.05) is 152 Å². The van der Waals surface area contributed by atoms with E-state index >= 15 is 0 Å². The predicted octanol–water partition coefficient (Wildman–Crippen LogP) is 13.1. The van der Waals surface area contributed by atoms with E-state index in [1.165, 1.54) is 44.5 Å². The summed E-state index contributed by atoms with van der Waals surface area (Å²) in [5.41, 5.74) is 14.3. The molecule has 0 bridgehead atoms. The molecule has 0 atom stereocenters. The highest BCUT2D eigenvalue weighted by Crippen LogP contribution is 2.61. The Balaban J connectivity index is 1.38. The topological polar surface area (TPSA) is 16.4 Å². The van der Waals surface area contributed by atoms with Crippen LogP contribution in [0.4, 0.5) is 17.1 Å². The van der Waals surface area contributed by atoms with Gasteiger partial charge in [-0.05, 0) is 87.5 Å². The molecule has 51 heavy (non-hydrogen) atoms. The lowest BCUT2D eigenvalue weighted by atomic mass is 9.67. The number of anilines is 3. The highest BCUT2D eigenvalue weighted by atomic mass is 16.3. The largest absolute Gasteiger partial charge is 0.456 e. The number of hydrogen-bond donors (Lipinski definition) is 0. The molecule has 0 fully saturated rings. The van der Waals surface area contributed by atoms with E-state index in [4.69, 9.17) is 4.42 Å². The molecule has 0 unspecified atom stereocenters. The quantitative estimate of drug-likeness (QED) is 0.178. The molecule has 1 aliphatic carbocycles. The average Bonchev–Trinajstić information content (AvgIpc) is 3.72. The van der Waals surface area contributed by atoms with Gasteiger partial charge in [0.25, 0.3) is 0 Å². The Morgan fingerprint density at radius 2 is 0.922 bits per heavy atom. The predicted molar refractivity (Wildman–Crippen MR) is 211 cm³/mol. The van der Waals surface area contributed by atoms with Gasteiger partial charge in [-0.15, -0.1) is 0 Å². The molecular formula is C49H33NO. The molecule has 1 aromatic heterocycles. The van der Waals surface area contributed by atoms with Crippen LogP contribution in [0.2, 0.25) is 0 Å². The fourth-order valence-corrected chi connectivity index (χ4v) is 8.47. The van der Waals surface area contributed by atoms with Crippen molar-refractivity contribution in [2.75, 3.05) is 4.90 Å². The van der Waals surface area contributed by atoms with Crippen LogP contribution in [-0.2, 0) is 5.41 Å². The van der Waals surface area contributed by atoms with E-state index in [-0.39, 0.29) is 0 Å². The molecule has 0 aliphatic heterocycles. The fraction of sp³-hybridized carbons (Fsp3) is 0.0204. The molecule has 1 heterocycles. The summed E-state index contributed by atoms with van der Waals surface area (Å²) in [5.74, 6) is 0. The van der Waals surface area contributed by atoms with Gasteiger partial charge in [0.2, 0.25) is 0 Å². The van der Waals surface area contributed by atoms with Crippen LogP contribution >= 0.6 is 0 Å². The first-order chi connectivity index (χ1) is 25.3. The number of fused-ring (bicyclic) bond motifs is 6. The smallest absolute Gasteiger partial charge is 0.136 e. The van der Waals surface area contributed by atoms with Crippen molar-refractivity contribution in [1.82, 2.24) is 0 Å². The van der Waals surface area contributed by atoms with Crippen LogP contribution < -0.4 is 4.90 Å². The zero-order valence-electron chi connectivity index (χ0n) is 27.9. The van der Waals surface area contributed by atoms with Gasteiger partial charge in [0.15, 0.2) is 0 Å². The minimum absolute atomic E-state index is 0.626. The van der Waals surface area contributed by atoms with Crippen molar-refractivity contribution in [3.63, 3.8) is 0 Å². The second-order valence-electron chi connectivity index (χ2n) is 13.2. The Morgan fingerprint density at radius 1 is 0.392 bits per heavy atom. The van der Waals surface area contributed by atoms with Gasteiger partial charge in [-0.2, -0.15) is 0 Å². The van der Waals surface area contributed by atoms with E-state index in [0.29, 0.717) is 0 Å². The molecule has 2 nitrogen and oxygen atoms in total. The SMILES string of the molecule is c1ccc(-c2c3c(cc4oc5ccccc5c24)C(c2ccccc2)(c2ccccc2)c2cc(N(c4ccccc4)c4ccccc4)ccc2-3)cc1. The molecule has 8 aromatic carbocycles. The van der Waals surface area contributed by atoms with Crippen LogP contribution in [0.15, 0.2) is 205 Å². The van der Waals surface area contributed by atoms with E-state index < -0.39 is 5.41 Å². The summed E-state index contributed by atoms with van der Waals surface area (Å²) < 4.78 is 6.77. The lowest BCUT2D eigenvalue weighted by Gasteiger charge is -2.35. The number of furan rings is 1. The lowest BCUT2D eigenvalue weighted by molar-refractivity contribution is 0.666. The summed E-state index contributed by atoms with van der Waals surface area (Å²) >= 11 is 0. The summed E-state index contributed by atoms with van der Waals surface area (Å²) in [4.78, 5) is 2.36. The van der Waals surface area contributed by atoms with Crippen molar-refractivity contribution >= 4 is 39.0 Å². The monoisotopic (exact) mass is 651 g/mol. The Morgan fingerprint density at radius 3 is 1.53 bits per heavy atom. The minimum Gasteiger partial charge on any atom is -0.456 e. The zero-order valence-corrected chi connectivity index (χ0v) is 27.9. The Kier molecular flexibility index (Phi) is 6.75. The Bertz CT molecular complexity index is 2580. The van der Waals surface area contributed by atoms with Gasteiger partial charge in [0, 0.05) is 33.4 Å². The summed E-state index contributed by atoms with van der Waals surface area (Å²) in [6, 6.07) is 72.1. The van der Waals surface area contributed by atoms with E-state index in [1.807, 2.05) is 0 Å². The van der Waals surface area contributed by atoms with Crippen molar-refractivity contribution < 1.29 is 4.42 Å². The van der Waals surface area contributed by atoms with E-state index in [0.717, 1.165) is 39.0 Å². The maximum absolute atomic E-state index is 6.77. The molecule has 240 valence electrons. The van der Waals surface area contributed by atoms with Crippen LogP contribution in [0, 0.1) is 0 Å². The third-order valence-electron chi connectivity index (χ3n) is 10.5. The van der Waals surface area contributed by atoms with Gasteiger partial charge < -0.3 is 9.32 Å². The van der Waals surface area contributed by atoms with Crippen molar-refractivity contribution in [3.05, 3.63) is 222 Å². The third kappa shape index (κ3) is 4.43. The lowest BCUT2D eigenvalue weighted by Crippen LogP contribution is -2.28. The first-order valence-electron chi connectivity index (χ1n) is 17.5. The first kappa shape index (κ1) is 29.3. The Labute approximate surface area is 297 Å². The van der Waals surface area contributed by atoms with Crippen molar-refractivity contribution in [3.8, 4) is 22.3 Å². The van der Waals surface area contributed by atoms with Crippen LogP contribution in [0.5, 0.6) is 0 Å². The maximum atomic E-state index is 6.77. The van der Waals surface area contributed by atoms with Crippen LogP contribution in [0.3, 0.4) is 0 Å². The van der Waals surface area contributed by atoms with Crippen LogP contribution in [0.25, 0.3) is 44.2 Å². The van der Waals surface area contributed by atoms with Gasteiger partial charge in [-0.25, -0.2) is 0 Å². The molecule has 0 radical (unpaired) electrons. The normalized spacial score (nSPS) is 12.9. The zero-order chi connectivity index (χ0) is 33.8. The highest BCUT2D eigenvalue weighted by Gasteiger charge is 2.48. The second kappa shape index (κ2) is 11.8. The van der Waals surface area contributed by atoms with Crippen LogP contribution in [0.1, 0.15) is 22.3 Å². The fourth-order valence-electron chi connectivity index (χ4n) is 8.47. The molecule has 0 saturated heterocycles. The molecule has 0 saturated carbocycles. The maximum Gasteiger partial charge on any atom is 0.136 e. The molecule has 9 aromatic rings. The van der Waals surface area contributed by atoms with Crippen LogP contribution in [-0.4, -0.2) is 0 Å².